The molecule has 1 aromatic heterocycles. The van der Waals surface area contributed by atoms with Gasteiger partial charge in [-0.1, -0.05) is 0 Å². The van der Waals surface area contributed by atoms with Gasteiger partial charge in [0.15, 0.2) is 0 Å². The molecule has 166 valence electrons. The number of carboxylic acid groups (broad SMARTS) is 1. The van der Waals surface area contributed by atoms with E-state index in [1.54, 1.807) is 6.07 Å². The lowest BCUT2D eigenvalue weighted by atomic mass is 9.78. The summed E-state index contributed by atoms with van der Waals surface area (Å²) in [4.78, 5) is 30.2. The van der Waals surface area contributed by atoms with Crippen molar-refractivity contribution in [3.8, 4) is 0 Å². The van der Waals surface area contributed by atoms with E-state index in [4.69, 9.17) is 5.11 Å². The number of nitrogens with zero attached hydrogens (tertiary/aromatic N) is 2. The van der Waals surface area contributed by atoms with Gasteiger partial charge in [-0.3, -0.25) is 9.69 Å². The van der Waals surface area contributed by atoms with Crippen LogP contribution in [0, 0.1) is 5.92 Å². The van der Waals surface area contributed by atoms with Crippen LogP contribution >= 0.6 is 0 Å². The van der Waals surface area contributed by atoms with Crippen LogP contribution in [-0.2, 0) is 4.79 Å². The van der Waals surface area contributed by atoms with Crippen LogP contribution in [0.25, 0.3) is 0 Å². The van der Waals surface area contributed by atoms with Crippen molar-refractivity contribution >= 4 is 17.6 Å². The van der Waals surface area contributed by atoms with E-state index < -0.39 is 11.5 Å². The van der Waals surface area contributed by atoms with Crippen LogP contribution in [-0.4, -0.2) is 58.1 Å². The van der Waals surface area contributed by atoms with Crippen molar-refractivity contribution in [1.82, 2.24) is 20.5 Å². The molecule has 2 fully saturated rings. The third-order valence-electron chi connectivity index (χ3n) is 6.52. The van der Waals surface area contributed by atoms with Crippen LogP contribution in [0.5, 0.6) is 0 Å². The summed E-state index contributed by atoms with van der Waals surface area (Å²) in [6.45, 7) is 5.87. The number of rotatable bonds is 6. The normalized spacial score (nSPS) is 28.6. The highest BCUT2D eigenvalue weighted by Crippen LogP contribution is 2.44. The van der Waals surface area contributed by atoms with Gasteiger partial charge >= 0.3 is 5.97 Å². The van der Waals surface area contributed by atoms with Crippen molar-refractivity contribution in [3.63, 3.8) is 0 Å². The molecule has 2 aliphatic heterocycles. The number of anilines is 1. The molecule has 8 nitrogen and oxygen atoms in total. The molecule has 3 aliphatic rings. The molecule has 3 atom stereocenters. The Bertz CT molecular complexity index is 945. The van der Waals surface area contributed by atoms with Gasteiger partial charge in [0.1, 0.15) is 17.1 Å². The number of carbonyl (C=O) groups excluding carboxylic acids is 1. The largest absolute Gasteiger partial charge is 0.477 e. The first kappa shape index (κ1) is 21.3. The van der Waals surface area contributed by atoms with Crippen molar-refractivity contribution < 1.29 is 19.1 Å². The molecule has 2 unspecified atom stereocenters. The lowest BCUT2D eigenvalue weighted by molar-refractivity contribution is -0.131. The number of likely N-dealkylation sites (N-methyl/N-ethyl adjacent to an activating group) is 1. The third-order valence-corrected chi connectivity index (χ3v) is 6.52. The fourth-order valence-electron chi connectivity index (χ4n) is 4.88. The summed E-state index contributed by atoms with van der Waals surface area (Å²) in [7, 11) is 0. The summed E-state index contributed by atoms with van der Waals surface area (Å²) in [5.41, 5.74) is 1.32. The Balaban J connectivity index is 1.52. The zero-order valence-electron chi connectivity index (χ0n) is 17.7. The van der Waals surface area contributed by atoms with Gasteiger partial charge in [-0.2, -0.15) is 0 Å². The smallest absolute Gasteiger partial charge is 0.354 e. The van der Waals surface area contributed by atoms with E-state index in [-0.39, 0.29) is 35.8 Å². The average molecular weight is 429 g/mol. The molecule has 2 saturated heterocycles. The number of amides is 1. The molecule has 31 heavy (non-hydrogen) atoms. The van der Waals surface area contributed by atoms with Gasteiger partial charge in [-0.25, -0.2) is 14.2 Å². The maximum atomic E-state index is 14.5. The van der Waals surface area contributed by atoms with Crippen LogP contribution in [0.15, 0.2) is 41.6 Å². The average Bonchev–Trinajstić information content (AvgIpc) is 3.00. The van der Waals surface area contributed by atoms with E-state index in [9.17, 15) is 14.0 Å². The zero-order valence-corrected chi connectivity index (χ0v) is 17.7. The van der Waals surface area contributed by atoms with E-state index in [0.717, 1.165) is 30.8 Å². The van der Waals surface area contributed by atoms with Crippen LogP contribution in [0.3, 0.4) is 0 Å². The Morgan fingerprint density at radius 3 is 2.94 bits per heavy atom. The lowest BCUT2D eigenvalue weighted by Crippen LogP contribution is -2.59. The molecular formula is C22H28FN5O3. The van der Waals surface area contributed by atoms with E-state index in [2.05, 4.69) is 25.8 Å². The first-order chi connectivity index (χ1) is 14.8. The zero-order chi connectivity index (χ0) is 22.2. The van der Waals surface area contributed by atoms with Gasteiger partial charge in [0.25, 0.3) is 0 Å². The number of carboxylic acids is 1. The molecule has 0 spiro atoms. The fraction of sp³-hybridized carbons (Fsp3) is 0.500. The van der Waals surface area contributed by atoms with Crippen LogP contribution in [0.4, 0.5) is 10.1 Å². The topological polar surface area (TPSA) is 107 Å². The number of allylic oxidation sites excluding steroid dienone is 2. The molecule has 0 saturated carbocycles. The van der Waals surface area contributed by atoms with Crippen LogP contribution in [0.1, 0.15) is 43.6 Å². The second kappa shape index (κ2) is 8.30. The number of nitrogens with one attached hydrogen (secondary N) is 3. The minimum Gasteiger partial charge on any atom is -0.477 e. The molecule has 1 aliphatic carbocycles. The maximum absolute atomic E-state index is 14.5. The number of hydrogen-bond donors (Lipinski definition) is 4. The number of pyridine rings is 1. The van der Waals surface area contributed by atoms with Crippen molar-refractivity contribution in [2.45, 2.75) is 44.7 Å². The minimum absolute atomic E-state index is 0.00542. The van der Waals surface area contributed by atoms with Gasteiger partial charge in [-0.05, 0) is 51.4 Å². The summed E-state index contributed by atoms with van der Waals surface area (Å²) in [5.74, 6) is -1.65. The lowest BCUT2D eigenvalue weighted by Gasteiger charge is -2.45. The first-order valence-electron chi connectivity index (χ1n) is 10.7. The summed E-state index contributed by atoms with van der Waals surface area (Å²) in [6, 6.07) is 3.23. The molecule has 0 aromatic carbocycles. The fourth-order valence-corrected chi connectivity index (χ4v) is 4.88. The minimum atomic E-state index is -1.06. The number of likely N-dealkylation sites (tertiary alicyclic amines) is 1. The Morgan fingerprint density at radius 2 is 2.26 bits per heavy atom. The Labute approximate surface area is 180 Å². The molecule has 1 aromatic rings. The van der Waals surface area contributed by atoms with E-state index in [0.29, 0.717) is 18.8 Å². The highest BCUT2D eigenvalue weighted by molar-refractivity contribution is 5.92. The predicted octanol–water partition coefficient (Wildman–Crippen LogP) is 2.24. The number of hydrogen-bond acceptors (Lipinski definition) is 6. The van der Waals surface area contributed by atoms with Crippen molar-refractivity contribution in [3.05, 3.63) is 47.3 Å². The van der Waals surface area contributed by atoms with Gasteiger partial charge in [0, 0.05) is 37.2 Å². The number of aromatic nitrogens is 1. The highest BCUT2D eigenvalue weighted by Gasteiger charge is 2.55. The summed E-state index contributed by atoms with van der Waals surface area (Å²) >= 11 is 0. The summed E-state index contributed by atoms with van der Waals surface area (Å²) < 4.78 is 14.5. The van der Waals surface area contributed by atoms with E-state index in [1.165, 1.54) is 18.3 Å². The summed E-state index contributed by atoms with van der Waals surface area (Å²) in [6.07, 6.45) is 5.01. The molecule has 9 heteroatoms. The molecule has 0 bridgehead atoms. The third kappa shape index (κ3) is 3.89. The molecule has 4 N–H and O–H groups in total. The predicted molar refractivity (Wildman–Crippen MR) is 114 cm³/mol. The van der Waals surface area contributed by atoms with Gasteiger partial charge in [0.05, 0.1) is 17.6 Å². The molecule has 1 amide bonds. The first-order valence-corrected chi connectivity index (χ1v) is 10.7. The number of piperidine rings is 1. The van der Waals surface area contributed by atoms with Crippen LogP contribution in [0.2, 0.25) is 0 Å². The van der Waals surface area contributed by atoms with Crippen molar-refractivity contribution in [1.29, 1.82) is 0 Å². The summed E-state index contributed by atoms with van der Waals surface area (Å²) in [5, 5.41) is 18.6. The SMILES string of the molecule is CCNC1=C2NC(=O)C(C)(N3CCC[C@@H](Nc4ccc(C(=O)O)nc4)C3)C2CC(F)=C1. The quantitative estimate of drug-likeness (QED) is 0.549. The van der Waals surface area contributed by atoms with Crippen LogP contribution < -0.4 is 16.0 Å². The van der Waals surface area contributed by atoms with E-state index in [1.807, 2.05) is 13.8 Å². The standard InChI is InChI=1S/C22H28FN5O3/c1-3-24-18-10-13(23)9-16-19(18)27-21(31)22(16,2)28-8-4-5-15(12-28)26-14-6-7-17(20(29)30)25-11-14/h6-7,10-11,15-16,24,26H,3-5,8-9,12H2,1-2H3,(H,27,31)(H,29,30)/t15-,16?,22?/m1/s1. The van der Waals surface area contributed by atoms with Crippen molar-refractivity contribution in [2.24, 2.45) is 5.92 Å². The molecule has 3 heterocycles. The monoisotopic (exact) mass is 429 g/mol. The molecule has 0 radical (unpaired) electrons. The Hall–Kier alpha value is -2.94. The number of halogens is 1. The highest BCUT2D eigenvalue weighted by atomic mass is 19.1. The number of carbonyl (C=O) groups is 2. The molecule has 4 rings (SSSR count). The Kier molecular flexibility index (Phi) is 5.70. The van der Waals surface area contributed by atoms with Gasteiger partial charge in [0.2, 0.25) is 5.91 Å². The van der Waals surface area contributed by atoms with Crippen molar-refractivity contribution in [2.75, 3.05) is 25.0 Å². The number of aromatic carboxylic acids is 1. The number of fused-ring (bicyclic) bond motifs is 1. The van der Waals surface area contributed by atoms with Gasteiger partial charge < -0.3 is 21.1 Å². The van der Waals surface area contributed by atoms with Gasteiger partial charge in [-0.15, -0.1) is 0 Å². The second-order valence-electron chi connectivity index (χ2n) is 8.47. The molecular weight excluding hydrogens is 401 g/mol. The maximum Gasteiger partial charge on any atom is 0.354 e. The second-order valence-corrected chi connectivity index (χ2v) is 8.47. The van der Waals surface area contributed by atoms with E-state index >= 15 is 0 Å². The Morgan fingerprint density at radius 1 is 1.45 bits per heavy atom.